The lowest BCUT2D eigenvalue weighted by Gasteiger charge is -2.04. The van der Waals surface area contributed by atoms with Crippen LogP contribution in [-0.4, -0.2) is 6.21 Å². The van der Waals surface area contributed by atoms with Gasteiger partial charge < -0.3 is 0 Å². The van der Waals surface area contributed by atoms with Crippen LogP contribution in [0.3, 0.4) is 0 Å². The largest absolute Gasteiger partial charge is 0.256 e. The molecule has 0 radical (unpaired) electrons. The van der Waals surface area contributed by atoms with E-state index in [1.165, 1.54) is 22.3 Å². The molecule has 1 aromatic carbocycles. The molecule has 1 nitrogen and oxygen atoms in total. The molecule has 0 aliphatic rings. The molecule has 0 amide bonds. The summed E-state index contributed by atoms with van der Waals surface area (Å²) >= 11 is 0. The zero-order valence-corrected chi connectivity index (χ0v) is 11.0. The first-order valence-electron chi connectivity index (χ1n) is 5.83. The lowest BCUT2D eigenvalue weighted by atomic mass is 10.1. The molecule has 16 heavy (non-hydrogen) atoms. The Bertz CT molecular complexity index is 425. The van der Waals surface area contributed by atoms with Crippen molar-refractivity contribution in [3.05, 3.63) is 40.5 Å². The third-order valence-electron chi connectivity index (χ3n) is 3.18. The van der Waals surface area contributed by atoms with Crippen LogP contribution in [0.2, 0.25) is 0 Å². The maximum atomic E-state index is 4.55. The summed E-state index contributed by atoms with van der Waals surface area (Å²) in [5.41, 5.74) is 6.30. The molecule has 86 valence electrons. The Labute approximate surface area is 98.9 Å². The number of hydrogen-bond acceptors (Lipinski definition) is 1. The molecule has 1 rings (SSSR count). The van der Waals surface area contributed by atoms with Crippen LogP contribution in [0.1, 0.15) is 38.3 Å². The Kier molecular flexibility index (Phi) is 4.48. The number of rotatable bonds is 3. The summed E-state index contributed by atoms with van der Waals surface area (Å²) < 4.78 is 0. The molecule has 0 saturated carbocycles. The number of aliphatic imine (C=N–C) groups is 1. The zero-order valence-electron chi connectivity index (χ0n) is 11.0. The van der Waals surface area contributed by atoms with E-state index in [4.69, 9.17) is 0 Å². The number of hydrogen-bond donors (Lipinski definition) is 0. The van der Waals surface area contributed by atoms with Gasteiger partial charge in [0.2, 0.25) is 0 Å². The van der Waals surface area contributed by atoms with Crippen molar-refractivity contribution in [3.8, 4) is 0 Å². The van der Waals surface area contributed by atoms with Crippen molar-refractivity contribution in [2.75, 3.05) is 0 Å². The molecule has 0 saturated heterocycles. The van der Waals surface area contributed by atoms with E-state index in [0.717, 1.165) is 12.1 Å². The lowest BCUT2D eigenvalue weighted by Crippen LogP contribution is -1.85. The minimum atomic E-state index is 1.07. The second kappa shape index (κ2) is 5.64. The van der Waals surface area contributed by atoms with E-state index in [9.17, 15) is 0 Å². The van der Waals surface area contributed by atoms with Gasteiger partial charge in [-0.2, -0.15) is 0 Å². The van der Waals surface area contributed by atoms with E-state index in [1.54, 1.807) is 0 Å². The highest BCUT2D eigenvalue weighted by molar-refractivity contribution is 5.81. The quantitative estimate of drug-likeness (QED) is 0.645. The fourth-order valence-corrected chi connectivity index (χ4v) is 1.43. The Balaban J connectivity index is 2.97. The SMILES string of the molecule is CC/C(C)=C(\C)C=Nc1cccc(C)c1C. The van der Waals surface area contributed by atoms with Crippen molar-refractivity contribution in [2.24, 2.45) is 4.99 Å². The average molecular weight is 215 g/mol. The highest BCUT2D eigenvalue weighted by atomic mass is 14.7. The van der Waals surface area contributed by atoms with Gasteiger partial charge in [0.05, 0.1) is 5.69 Å². The van der Waals surface area contributed by atoms with Gasteiger partial charge in [0.25, 0.3) is 0 Å². The fourth-order valence-electron chi connectivity index (χ4n) is 1.43. The predicted molar refractivity (Wildman–Crippen MR) is 72.7 cm³/mol. The maximum Gasteiger partial charge on any atom is 0.0661 e. The summed E-state index contributed by atoms with van der Waals surface area (Å²) in [6.45, 7) is 10.7. The smallest absolute Gasteiger partial charge is 0.0661 e. The molecule has 0 atom stereocenters. The first kappa shape index (κ1) is 12.7. The third-order valence-corrected chi connectivity index (χ3v) is 3.18. The average Bonchev–Trinajstić information content (AvgIpc) is 2.29. The van der Waals surface area contributed by atoms with Gasteiger partial charge >= 0.3 is 0 Å². The van der Waals surface area contributed by atoms with Crippen molar-refractivity contribution in [3.63, 3.8) is 0 Å². The second-order valence-corrected chi connectivity index (χ2v) is 4.29. The van der Waals surface area contributed by atoms with Crippen LogP contribution >= 0.6 is 0 Å². The molecule has 0 N–H and O–H groups in total. The minimum Gasteiger partial charge on any atom is -0.256 e. The Morgan fingerprint density at radius 2 is 1.94 bits per heavy atom. The first-order valence-corrected chi connectivity index (χ1v) is 5.83. The number of aryl methyl sites for hydroxylation is 1. The summed E-state index contributed by atoms with van der Waals surface area (Å²) in [5, 5.41) is 0. The van der Waals surface area contributed by atoms with Crippen molar-refractivity contribution < 1.29 is 0 Å². The van der Waals surface area contributed by atoms with Crippen molar-refractivity contribution >= 4 is 11.9 Å². The Hall–Kier alpha value is -1.37. The molecule has 1 heteroatoms. The normalized spacial score (nSPS) is 13.1. The molecular formula is C15H21N. The van der Waals surface area contributed by atoms with Crippen molar-refractivity contribution in [1.29, 1.82) is 0 Å². The van der Waals surface area contributed by atoms with Gasteiger partial charge in [-0.15, -0.1) is 0 Å². The minimum absolute atomic E-state index is 1.07. The number of nitrogens with zero attached hydrogens (tertiary/aromatic N) is 1. The van der Waals surface area contributed by atoms with Gasteiger partial charge in [0.15, 0.2) is 0 Å². The van der Waals surface area contributed by atoms with E-state index in [2.05, 4.69) is 57.8 Å². The Morgan fingerprint density at radius 3 is 2.56 bits per heavy atom. The summed E-state index contributed by atoms with van der Waals surface area (Å²) in [6, 6.07) is 6.24. The molecule has 0 spiro atoms. The Morgan fingerprint density at radius 1 is 1.25 bits per heavy atom. The summed E-state index contributed by atoms with van der Waals surface area (Å²) in [5.74, 6) is 0. The second-order valence-electron chi connectivity index (χ2n) is 4.29. The van der Waals surface area contributed by atoms with Gasteiger partial charge in [-0.05, 0) is 56.9 Å². The van der Waals surface area contributed by atoms with Gasteiger partial charge in [0.1, 0.15) is 0 Å². The lowest BCUT2D eigenvalue weighted by molar-refractivity contribution is 1.08. The van der Waals surface area contributed by atoms with E-state index in [0.29, 0.717) is 0 Å². The van der Waals surface area contributed by atoms with E-state index in [1.807, 2.05) is 6.21 Å². The topological polar surface area (TPSA) is 12.4 Å². The van der Waals surface area contributed by atoms with Crippen LogP contribution in [0.25, 0.3) is 0 Å². The van der Waals surface area contributed by atoms with E-state index < -0.39 is 0 Å². The highest BCUT2D eigenvalue weighted by Gasteiger charge is 1.98. The molecular weight excluding hydrogens is 194 g/mol. The molecule has 0 unspecified atom stereocenters. The van der Waals surface area contributed by atoms with Crippen molar-refractivity contribution in [2.45, 2.75) is 41.0 Å². The number of allylic oxidation sites excluding steroid dienone is 2. The predicted octanol–water partition coefficient (Wildman–Crippen LogP) is 4.75. The summed E-state index contributed by atoms with van der Waals surface area (Å²) in [6.07, 6.45) is 3.06. The van der Waals surface area contributed by atoms with Crippen LogP contribution in [0.4, 0.5) is 5.69 Å². The van der Waals surface area contributed by atoms with Crippen LogP contribution in [-0.2, 0) is 0 Å². The monoisotopic (exact) mass is 215 g/mol. The van der Waals surface area contributed by atoms with Gasteiger partial charge in [-0.25, -0.2) is 0 Å². The van der Waals surface area contributed by atoms with Crippen LogP contribution in [0, 0.1) is 13.8 Å². The van der Waals surface area contributed by atoms with Crippen LogP contribution in [0.15, 0.2) is 34.3 Å². The zero-order chi connectivity index (χ0) is 12.1. The van der Waals surface area contributed by atoms with Gasteiger partial charge in [0, 0.05) is 6.21 Å². The van der Waals surface area contributed by atoms with Crippen molar-refractivity contribution in [1.82, 2.24) is 0 Å². The number of benzene rings is 1. The van der Waals surface area contributed by atoms with E-state index in [-0.39, 0.29) is 0 Å². The molecule has 0 fully saturated rings. The molecule has 0 aromatic heterocycles. The third kappa shape index (κ3) is 3.06. The molecule has 0 bridgehead atoms. The molecule has 0 aliphatic heterocycles. The van der Waals surface area contributed by atoms with Gasteiger partial charge in [-0.1, -0.05) is 24.6 Å². The fraction of sp³-hybridized carbons (Fsp3) is 0.400. The highest BCUT2D eigenvalue weighted by Crippen LogP contribution is 2.21. The maximum absolute atomic E-state index is 4.55. The van der Waals surface area contributed by atoms with Gasteiger partial charge in [-0.3, -0.25) is 4.99 Å². The molecule has 0 heterocycles. The van der Waals surface area contributed by atoms with E-state index >= 15 is 0 Å². The molecule has 1 aromatic rings. The summed E-state index contributed by atoms with van der Waals surface area (Å²) in [4.78, 5) is 4.55. The molecule has 0 aliphatic carbocycles. The van der Waals surface area contributed by atoms with Crippen LogP contribution in [0.5, 0.6) is 0 Å². The standard InChI is InChI=1S/C15H21N/c1-6-11(2)13(4)10-16-15-9-7-8-12(3)14(15)5/h7-10H,6H2,1-5H3/b13-11+,16-10?. The first-order chi connectivity index (χ1) is 7.56. The summed E-state index contributed by atoms with van der Waals surface area (Å²) in [7, 11) is 0. The van der Waals surface area contributed by atoms with Crippen LogP contribution < -0.4 is 0 Å².